The molecule has 0 aliphatic rings. The molecule has 6 nitrogen and oxygen atoms in total. The van der Waals surface area contributed by atoms with Crippen molar-refractivity contribution in [2.45, 2.75) is 20.5 Å². The number of rotatable bonds is 8. The lowest BCUT2D eigenvalue weighted by molar-refractivity contribution is 0.0772. The van der Waals surface area contributed by atoms with Gasteiger partial charge in [-0.2, -0.15) is 0 Å². The van der Waals surface area contributed by atoms with Crippen molar-refractivity contribution in [2.24, 2.45) is 0 Å². The van der Waals surface area contributed by atoms with Crippen LogP contribution in [0.2, 0.25) is 0 Å². The van der Waals surface area contributed by atoms with Gasteiger partial charge in [-0.15, -0.1) is 0 Å². The molecule has 0 bridgehead atoms. The third-order valence-corrected chi connectivity index (χ3v) is 4.51. The molecule has 0 aliphatic heterocycles. The molecule has 0 saturated carbocycles. The summed E-state index contributed by atoms with van der Waals surface area (Å²) in [5.41, 5.74) is 2.17. The Hall–Kier alpha value is -3.35. The zero-order chi connectivity index (χ0) is 20.8. The van der Waals surface area contributed by atoms with Crippen LogP contribution in [0, 0.1) is 19.7 Å². The van der Waals surface area contributed by atoms with Gasteiger partial charge in [0, 0.05) is 12.6 Å². The van der Waals surface area contributed by atoms with E-state index in [0.717, 1.165) is 11.3 Å². The average Bonchev–Trinajstić information content (AvgIpc) is 3.05. The van der Waals surface area contributed by atoms with E-state index in [1.165, 1.54) is 11.0 Å². The van der Waals surface area contributed by atoms with Gasteiger partial charge in [0.1, 0.15) is 24.7 Å². The van der Waals surface area contributed by atoms with Gasteiger partial charge in [0.05, 0.1) is 17.8 Å². The van der Waals surface area contributed by atoms with Gasteiger partial charge < -0.3 is 18.9 Å². The first-order valence-corrected chi connectivity index (χ1v) is 9.23. The fourth-order valence-corrected chi connectivity index (χ4v) is 2.76. The maximum absolute atomic E-state index is 13.6. The zero-order valence-electron chi connectivity index (χ0n) is 16.6. The summed E-state index contributed by atoms with van der Waals surface area (Å²) in [5.74, 6) is 0.855. The van der Waals surface area contributed by atoms with Crippen LogP contribution >= 0.6 is 0 Å². The largest absolute Gasteiger partial charge is 0.489 e. The highest BCUT2D eigenvalue weighted by atomic mass is 19.1. The van der Waals surface area contributed by atoms with E-state index < -0.39 is 5.82 Å². The van der Waals surface area contributed by atoms with Crippen LogP contribution in [0.3, 0.4) is 0 Å². The maximum Gasteiger partial charge on any atom is 0.253 e. The number of amides is 1. The smallest absolute Gasteiger partial charge is 0.253 e. The van der Waals surface area contributed by atoms with Gasteiger partial charge in [-0.3, -0.25) is 4.79 Å². The van der Waals surface area contributed by atoms with Gasteiger partial charge in [0.15, 0.2) is 11.6 Å². The number of aromatic nitrogens is 1. The molecule has 0 spiro atoms. The van der Waals surface area contributed by atoms with Gasteiger partial charge in [-0.1, -0.05) is 23.4 Å². The summed E-state index contributed by atoms with van der Waals surface area (Å²) in [6.45, 7) is 4.50. The van der Waals surface area contributed by atoms with Crippen LogP contribution in [0.4, 0.5) is 4.39 Å². The molecule has 0 atom stereocenters. The summed E-state index contributed by atoms with van der Waals surface area (Å²) in [5, 5.41) is 3.90. The number of carbonyl (C=O) groups excluding carboxylic acids is 1. The molecule has 0 N–H and O–H groups in total. The van der Waals surface area contributed by atoms with Gasteiger partial charge in [-0.05, 0) is 44.2 Å². The van der Waals surface area contributed by atoms with Crippen molar-refractivity contribution in [3.8, 4) is 11.5 Å². The lowest BCUT2D eigenvalue weighted by Crippen LogP contribution is -2.30. The Balaban J connectivity index is 1.56. The molecule has 0 saturated heterocycles. The van der Waals surface area contributed by atoms with Gasteiger partial charge >= 0.3 is 0 Å². The number of hydrogen-bond donors (Lipinski definition) is 0. The Morgan fingerprint density at radius 1 is 1.14 bits per heavy atom. The molecule has 1 aromatic heterocycles. The zero-order valence-corrected chi connectivity index (χ0v) is 16.6. The molecular weight excluding hydrogens is 375 g/mol. The van der Waals surface area contributed by atoms with Crippen LogP contribution < -0.4 is 9.47 Å². The van der Waals surface area contributed by atoms with E-state index in [2.05, 4.69) is 5.16 Å². The van der Waals surface area contributed by atoms with E-state index in [4.69, 9.17) is 14.0 Å². The predicted molar refractivity (Wildman–Crippen MR) is 106 cm³/mol. The third kappa shape index (κ3) is 5.13. The van der Waals surface area contributed by atoms with Crippen LogP contribution in [-0.2, 0) is 6.61 Å². The van der Waals surface area contributed by atoms with E-state index in [1.807, 2.05) is 13.8 Å². The van der Waals surface area contributed by atoms with E-state index in [1.54, 1.807) is 49.5 Å². The van der Waals surface area contributed by atoms with Crippen molar-refractivity contribution in [3.05, 3.63) is 76.9 Å². The van der Waals surface area contributed by atoms with E-state index in [9.17, 15) is 9.18 Å². The minimum Gasteiger partial charge on any atom is -0.489 e. The van der Waals surface area contributed by atoms with E-state index in [0.29, 0.717) is 30.2 Å². The van der Waals surface area contributed by atoms with E-state index in [-0.39, 0.29) is 18.3 Å². The maximum atomic E-state index is 13.6. The van der Waals surface area contributed by atoms with Crippen molar-refractivity contribution >= 4 is 5.91 Å². The molecule has 0 fully saturated rings. The highest BCUT2D eigenvalue weighted by Crippen LogP contribution is 2.19. The summed E-state index contributed by atoms with van der Waals surface area (Å²) in [6.07, 6.45) is 0. The number of benzene rings is 2. The van der Waals surface area contributed by atoms with Crippen LogP contribution in [-0.4, -0.2) is 36.2 Å². The van der Waals surface area contributed by atoms with Crippen molar-refractivity contribution in [1.29, 1.82) is 0 Å². The highest BCUT2D eigenvalue weighted by Gasteiger charge is 2.14. The molecule has 7 heteroatoms. The Kier molecular flexibility index (Phi) is 6.49. The first-order chi connectivity index (χ1) is 14.0. The van der Waals surface area contributed by atoms with Crippen LogP contribution in [0.1, 0.15) is 27.4 Å². The Bertz CT molecular complexity index is 967. The third-order valence-electron chi connectivity index (χ3n) is 4.51. The number of hydrogen-bond acceptors (Lipinski definition) is 5. The van der Waals surface area contributed by atoms with E-state index >= 15 is 0 Å². The number of nitrogens with zero attached hydrogens (tertiary/aromatic N) is 2. The minimum atomic E-state index is -0.426. The fourth-order valence-electron chi connectivity index (χ4n) is 2.76. The quantitative estimate of drug-likeness (QED) is 0.570. The monoisotopic (exact) mass is 398 g/mol. The lowest BCUT2D eigenvalue weighted by Gasteiger charge is -2.18. The van der Waals surface area contributed by atoms with Crippen molar-refractivity contribution in [1.82, 2.24) is 10.1 Å². The van der Waals surface area contributed by atoms with Gasteiger partial charge in [0.25, 0.3) is 5.91 Å². The number of para-hydroxylation sites is 1. The molecule has 152 valence electrons. The molecule has 0 aliphatic carbocycles. The fraction of sp³-hybridized carbons (Fsp3) is 0.273. The molecule has 3 rings (SSSR count). The highest BCUT2D eigenvalue weighted by molar-refractivity contribution is 5.94. The topological polar surface area (TPSA) is 64.8 Å². The molecule has 0 radical (unpaired) electrons. The Morgan fingerprint density at radius 2 is 1.93 bits per heavy atom. The van der Waals surface area contributed by atoms with Crippen molar-refractivity contribution in [3.63, 3.8) is 0 Å². The second-order valence-corrected chi connectivity index (χ2v) is 6.62. The molecular formula is C22H23FN2O4. The predicted octanol–water partition coefficient (Wildman–Crippen LogP) is 4.16. The average molecular weight is 398 g/mol. The van der Waals surface area contributed by atoms with Crippen LogP contribution in [0.5, 0.6) is 11.5 Å². The number of likely N-dealkylation sites (N-methyl/N-ethyl adjacent to an activating group) is 1. The summed E-state index contributed by atoms with van der Waals surface area (Å²) in [7, 11) is 1.67. The molecule has 1 heterocycles. The van der Waals surface area contributed by atoms with Gasteiger partial charge in [0.2, 0.25) is 0 Å². The number of halogens is 1. The van der Waals surface area contributed by atoms with Crippen LogP contribution in [0.15, 0.2) is 53.1 Å². The first kappa shape index (κ1) is 20.4. The number of carbonyl (C=O) groups is 1. The molecule has 1 amide bonds. The van der Waals surface area contributed by atoms with Crippen molar-refractivity contribution < 1.29 is 23.2 Å². The summed E-state index contributed by atoms with van der Waals surface area (Å²) in [4.78, 5) is 14.2. The summed E-state index contributed by atoms with van der Waals surface area (Å²) in [6, 6.07) is 13.1. The summed E-state index contributed by atoms with van der Waals surface area (Å²) < 4.78 is 29.9. The lowest BCUT2D eigenvalue weighted by atomic mass is 10.2. The standard InChI is InChI=1S/C22H23FN2O4/c1-15-19(16(2)29-24-15)14-28-18-8-6-7-17(13-18)22(26)25(3)11-12-27-21-10-5-4-9-20(21)23/h4-10,13H,11-12,14H2,1-3H3. The second kappa shape index (κ2) is 9.23. The molecule has 0 unspecified atom stereocenters. The minimum absolute atomic E-state index is 0.170. The molecule has 2 aromatic carbocycles. The Labute approximate surface area is 168 Å². The SMILES string of the molecule is Cc1noc(C)c1COc1cccc(C(=O)N(C)CCOc2ccccc2F)c1. The normalized spacial score (nSPS) is 10.6. The molecule has 29 heavy (non-hydrogen) atoms. The number of aryl methyl sites for hydroxylation is 2. The van der Waals surface area contributed by atoms with Gasteiger partial charge in [-0.25, -0.2) is 4.39 Å². The summed E-state index contributed by atoms with van der Waals surface area (Å²) >= 11 is 0. The van der Waals surface area contributed by atoms with Crippen molar-refractivity contribution in [2.75, 3.05) is 20.2 Å². The first-order valence-electron chi connectivity index (χ1n) is 9.23. The Morgan fingerprint density at radius 3 is 2.66 bits per heavy atom. The van der Waals surface area contributed by atoms with Crippen LogP contribution in [0.25, 0.3) is 0 Å². The number of ether oxygens (including phenoxy) is 2. The second-order valence-electron chi connectivity index (χ2n) is 6.62. The molecule has 3 aromatic rings.